The van der Waals surface area contributed by atoms with E-state index in [1.165, 1.54) is 0 Å². The van der Waals surface area contributed by atoms with Gasteiger partial charge in [-0.15, -0.1) is 10.2 Å². The Morgan fingerprint density at radius 2 is 2.32 bits per heavy atom. The zero-order valence-electron chi connectivity index (χ0n) is 11.4. The van der Waals surface area contributed by atoms with Gasteiger partial charge in [0.25, 0.3) is 0 Å². The first-order valence-corrected chi connectivity index (χ1v) is 6.72. The topological polar surface area (TPSA) is 85.8 Å². The molecule has 1 aromatic heterocycles. The summed E-state index contributed by atoms with van der Waals surface area (Å²) in [6, 6.07) is -0.220. The van der Waals surface area contributed by atoms with Crippen LogP contribution >= 0.6 is 12.2 Å². The number of nitrogens with zero attached hydrogens (tertiary/aromatic N) is 3. The number of amides is 1. The van der Waals surface area contributed by atoms with Crippen LogP contribution in [0.15, 0.2) is 6.33 Å². The normalized spacial score (nSPS) is 27.4. The molecule has 0 spiro atoms. The molecule has 0 saturated heterocycles. The highest BCUT2D eigenvalue weighted by Gasteiger charge is 2.51. The molecule has 1 unspecified atom stereocenters. The Morgan fingerprint density at radius 1 is 1.68 bits per heavy atom. The fourth-order valence-electron chi connectivity index (χ4n) is 2.71. The summed E-state index contributed by atoms with van der Waals surface area (Å²) in [7, 11) is 1.84. The lowest BCUT2D eigenvalue weighted by molar-refractivity contribution is -0.133. The maximum atomic E-state index is 12.4. The first kappa shape index (κ1) is 13.9. The highest BCUT2D eigenvalue weighted by Crippen LogP contribution is 2.46. The van der Waals surface area contributed by atoms with E-state index in [0.717, 1.165) is 12.8 Å². The van der Waals surface area contributed by atoms with Gasteiger partial charge >= 0.3 is 0 Å². The van der Waals surface area contributed by atoms with E-state index in [1.807, 2.05) is 14.0 Å². The molecule has 1 amide bonds. The Hall–Kier alpha value is -1.50. The maximum absolute atomic E-state index is 12.4. The molecule has 19 heavy (non-hydrogen) atoms. The molecular formula is C12H19N5OS. The lowest BCUT2D eigenvalue weighted by Crippen LogP contribution is -2.56. The summed E-state index contributed by atoms with van der Waals surface area (Å²) in [5, 5.41) is 10.7. The Kier molecular flexibility index (Phi) is 3.58. The third-order valence-corrected chi connectivity index (χ3v) is 4.17. The van der Waals surface area contributed by atoms with Crippen molar-refractivity contribution in [1.29, 1.82) is 0 Å². The molecule has 1 fully saturated rings. The molecule has 0 aliphatic heterocycles. The van der Waals surface area contributed by atoms with Gasteiger partial charge in [0.1, 0.15) is 6.33 Å². The van der Waals surface area contributed by atoms with Gasteiger partial charge in [-0.05, 0) is 25.7 Å². The third kappa shape index (κ3) is 2.34. The van der Waals surface area contributed by atoms with E-state index < -0.39 is 5.41 Å². The van der Waals surface area contributed by atoms with Crippen LogP contribution in [0.5, 0.6) is 0 Å². The smallest absolute Gasteiger partial charge is 0.233 e. The first-order chi connectivity index (χ1) is 8.86. The average molecular weight is 281 g/mol. The van der Waals surface area contributed by atoms with Crippen LogP contribution in [0.2, 0.25) is 0 Å². The minimum Gasteiger partial charge on any atom is -0.392 e. The lowest BCUT2D eigenvalue weighted by atomic mass is 9.62. The molecule has 2 rings (SSSR count). The molecule has 1 saturated carbocycles. The van der Waals surface area contributed by atoms with Crippen LogP contribution in [0.4, 0.5) is 0 Å². The molecule has 7 heteroatoms. The second kappa shape index (κ2) is 4.88. The Bertz CT molecular complexity index is 506. The van der Waals surface area contributed by atoms with E-state index in [-0.39, 0.29) is 16.9 Å². The molecule has 0 aromatic carbocycles. The fraction of sp³-hybridized carbons (Fsp3) is 0.667. The number of hydrogen-bond acceptors (Lipinski definition) is 4. The summed E-state index contributed by atoms with van der Waals surface area (Å²) in [5.74, 6) is 1.09. The van der Waals surface area contributed by atoms with Gasteiger partial charge in [-0.1, -0.05) is 19.1 Å². The SMILES string of the molecule is CC1CC(C(=O)NC(C)c2nncn2C)(C(N)=S)C1. The van der Waals surface area contributed by atoms with E-state index in [4.69, 9.17) is 18.0 Å². The van der Waals surface area contributed by atoms with Crippen LogP contribution < -0.4 is 11.1 Å². The fourth-order valence-corrected chi connectivity index (χ4v) is 2.97. The second-order valence-electron chi connectivity index (χ2n) is 5.45. The Balaban J connectivity index is 2.09. The number of aryl methyl sites for hydroxylation is 1. The van der Waals surface area contributed by atoms with Crippen molar-refractivity contribution in [1.82, 2.24) is 20.1 Å². The highest BCUT2D eigenvalue weighted by molar-refractivity contribution is 7.80. The first-order valence-electron chi connectivity index (χ1n) is 6.31. The number of hydrogen-bond donors (Lipinski definition) is 2. The van der Waals surface area contributed by atoms with Crippen LogP contribution in [0.3, 0.4) is 0 Å². The van der Waals surface area contributed by atoms with E-state index >= 15 is 0 Å². The van der Waals surface area contributed by atoms with E-state index in [9.17, 15) is 4.79 Å². The zero-order chi connectivity index (χ0) is 14.2. The Labute approximate surface area is 117 Å². The minimum absolute atomic E-state index is 0.103. The van der Waals surface area contributed by atoms with Crippen molar-refractivity contribution in [3.8, 4) is 0 Å². The largest absolute Gasteiger partial charge is 0.392 e. The average Bonchev–Trinajstić information content (AvgIpc) is 2.70. The molecule has 3 N–H and O–H groups in total. The van der Waals surface area contributed by atoms with Gasteiger partial charge in [-0.2, -0.15) is 0 Å². The van der Waals surface area contributed by atoms with Crippen LogP contribution in [-0.2, 0) is 11.8 Å². The lowest BCUT2D eigenvalue weighted by Gasteiger charge is -2.44. The molecule has 0 radical (unpaired) electrons. The molecule has 1 atom stereocenters. The summed E-state index contributed by atoms with van der Waals surface area (Å²) >= 11 is 5.07. The van der Waals surface area contributed by atoms with E-state index in [0.29, 0.717) is 11.7 Å². The summed E-state index contributed by atoms with van der Waals surface area (Å²) in [5.41, 5.74) is 5.08. The van der Waals surface area contributed by atoms with Crippen molar-refractivity contribution >= 4 is 23.1 Å². The number of carbonyl (C=O) groups is 1. The second-order valence-corrected chi connectivity index (χ2v) is 5.89. The van der Waals surface area contributed by atoms with Gasteiger partial charge in [0, 0.05) is 7.05 Å². The number of thiocarbonyl (C=S) groups is 1. The number of nitrogens with one attached hydrogen (secondary N) is 1. The van der Waals surface area contributed by atoms with Gasteiger partial charge in [0.15, 0.2) is 5.82 Å². The molecule has 104 valence electrons. The quantitative estimate of drug-likeness (QED) is 0.793. The summed E-state index contributed by atoms with van der Waals surface area (Å²) in [4.78, 5) is 12.7. The minimum atomic E-state index is -0.679. The Morgan fingerprint density at radius 3 is 2.74 bits per heavy atom. The van der Waals surface area contributed by atoms with Crippen LogP contribution in [0.1, 0.15) is 38.6 Å². The highest BCUT2D eigenvalue weighted by atomic mass is 32.1. The van der Waals surface area contributed by atoms with Gasteiger partial charge in [-0.3, -0.25) is 4.79 Å². The molecule has 0 bridgehead atoms. The van der Waals surface area contributed by atoms with E-state index in [2.05, 4.69) is 22.4 Å². The monoisotopic (exact) mass is 281 g/mol. The van der Waals surface area contributed by atoms with Crippen molar-refractivity contribution in [3.63, 3.8) is 0 Å². The van der Waals surface area contributed by atoms with Crippen molar-refractivity contribution in [2.24, 2.45) is 24.1 Å². The van der Waals surface area contributed by atoms with Crippen molar-refractivity contribution in [2.45, 2.75) is 32.7 Å². The van der Waals surface area contributed by atoms with Crippen molar-refractivity contribution in [2.75, 3.05) is 0 Å². The van der Waals surface area contributed by atoms with Crippen LogP contribution in [0.25, 0.3) is 0 Å². The predicted octanol–water partition coefficient (Wildman–Crippen LogP) is 0.695. The van der Waals surface area contributed by atoms with Gasteiger partial charge < -0.3 is 15.6 Å². The predicted molar refractivity (Wildman–Crippen MR) is 75.2 cm³/mol. The number of aromatic nitrogens is 3. The molecule has 1 heterocycles. The third-order valence-electron chi connectivity index (χ3n) is 3.78. The molecular weight excluding hydrogens is 262 g/mol. The molecule has 6 nitrogen and oxygen atoms in total. The summed E-state index contributed by atoms with van der Waals surface area (Å²) in [6.45, 7) is 3.97. The number of rotatable bonds is 4. The van der Waals surface area contributed by atoms with Gasteiger partial charge in [0.05, 0.1) is 16.4 Å². The van der Waals surface area contributed by atoms with Crippen LogP contribution in [-0.4, -0.2) is 25.7 Å². The van der Waals surface area contributed by atoms with Crippen molar-refractivity contribution in [3.05, 3.63) is 12.2 Å². The maximum Gasteiger partial charge on any atom is 0.233 e. The standard InChI is InChI=1S/C12H19N5OS/c1-7-4-12(5-7,10(13)19)11(18)15-8(2)9-16-14-6-17(9)3/h6-8H,4-5H2,1-3H3,(H2,13,19)(H,15,18). The molecule has 1 aromatic rings. The zero-order valence-corrected chi connectivity index (χ0v) is 12.2. The van der Waals surface area contributed by atoms with Crippen molar-refractivity contribution < 1.29 is 4.79 Å². The molecule has 1 aliphatic rings. The summed E-state index contributed by atoms with van der Waals surface area (Å²) < 4.78 is 1.78. The van der Waals surface area contributed by atoms with Gasteiger partial charge in [0.2, 0.25) is 5.91 Å². The van der Waals surface area contributed by atoms with Crippen LogP contribution in [0, 0.1) is 11.3 Å². The number of nitrogens with two attached hydrogens (primary N) is 1. The number of carbonyl (C=O) groups excluding carboxylic acids is 1. The molecule has 1 aliphatic carbocycles. The summed E-state index contributed by atoms with van der Waals surface area (Å²) in [6.07, 6.45) is 3.05. The van der Waals surface area contributed by atoms with Gasteiger partial charge in [-0.25, -0.2) is 0 Å². The van der Waals surface area contributed by atoms with E-state index in [1.54, 1.807) is 10.9 Å².